The van der Waals surface area contributed by atoms with Gasteiger partial charge >= 0.3 is 0 Å². The van der Waals surface area contributed by atoms with Crippen molar-refractivity contribution in [3.63, 3.8) is 0 Å². The van der Waals surface area contributed by atoms with Crippen molar-refractivity contribution in [2.45, 2.75) is 26.4 Å². The van der Waals surface area contributed by atoms with Gasteiger partial charge in [0, 0.05) is 31.9 Å². The van der Waals surface area contributed by atoms with Crippen LogP contribution in [0.4, 0.5) is 0 Å². The topological polar surface area (TPSA) is 52.0 Å². The summed E-state index contributed by atoms with van der Waals surface area (Å²) in [5.41, 5.74) is 3.27. The lowest BCUT2D eigenvalue weighted by Crippen LogP contribution is -2.16. The zero-order chi connectivity index (χ0) is 14.5. The van der Waals surface area contributed by atoms with E-state index in [1.54, 1.807) is 13.3 Å². The molecule has 0 atom stereocenters. The first-order valence-electron chi connectivity index (χ1n) is 6.56. The van der Waals surface area contributed by atoms with E-state index < -0.39 is 0 Å². The van der Waals surface area contributed by atoms with E-state index in [2.05, 4.69) is 38.3 Å². The van der Waals surface area contributed by atoms with Crippen LogP contribution >= 0.6 is 15.9 Å². The van der Waals surface area contributed by atoms with Crippen molar-refractivity contribution >= 4 is 15.9 Å². The van der Waals surface area contributed by atoms with Crippen LogP contribution < -0.4 is 10.1 Å². The molecule has 5 nitrogen and oxygen atoms in total. The zero-order valence-electron chi connectivity index (χ0n) is 12.0. The van der Waals surface area contributed by atoms with Gasteiger partial charge in [0.05, 0.1) is 23.0 Å². The number of hydrogen-bond donors (Lipinski definition) is 1. The van der Waals surface area contributed by atoms with Gasteiger partial charge in [0.15, 0.2) is 0 Å². The summed E-state index contributed by atoms with van der Waals surface area (Å²) < 4.78 is 8.24. The van der Waals surface area contributed by atoms with E-state index in [0.717, 1.165) is 34.4 Å². The molecule has 0 spiro atoms. The monoisotopic (exact) mass is 338 g/mol. The maximum Gasteiger partial charge on any atom is 0.217 e. The van der Waals surface area contributed by atoms with Crippen molar-refractivity contribution in [1.82, 2.24) is 20.1 Å². The van der Waals surface area contributed by atoms with Crippen molar-refractivity contribution in [3.05, 3.63) is 39.8 Å². The van der Waals surface area contributed by atoms with Gasteiger partial charge < -0.3 is 10.1 Å². The van der Waals surface area contributed by atoms with E-state index in [9.17, 15) is 0 Å². The number of rotatable bonds is 6. The van der Waals surface area contributed by atoms with Gasteiger partial charge in [-0.25, -0.2) is 4.98 Å². The molecule has 0 amide bonds. The number of halogens is 1. The minimum atomic E-state index is 0.665. The predicted octanol–water partition coefficient (Wildman–Crippen LogP) is 2.44. The molecule has 0 aliphatic heterocycles. The highest BCUT2D eigenvalue weighted by Crippen LogP contribution is 2.21. The van der Waals surface area contributed by atoms with Gasteiger partial charge in [0.25, 0.3) is 0 Å². The Morgan fingerprint density at radius 3 is 2.85 bits per heavy atom. The first-order chi connectivity index (χ1) is 9.67. The number of nitrogens with one attached hydrogen (secondary N) is 1. The highest BCUT2D eigenvalue weighted by Gasteiger charge is 2.12. The molecule has 2 aromatic heterocycles. The molecule has 6 heteroatoms. The number of ether oxygens (including phenoxy) is 1. The van der Waals surface area contributed by atoms with Gasteiger partial charge in [0.2, 0.25) is 5.88 Å². The summed E-state index contributed by atoms with van der Waals surface area (Å²) in [5.74, 6) is 0.665. The first-order valence-corrected chi connectivity index (χ1v) is 7.35. The largest absolute Gasteiger partial charge is 0.481 e. The minimum Gasteiger partial charge on any atom is -0.481 e. The standard InChI is InChI=1S/C14H19BrN4O/c1-4-11-13(15)12(19(2)18-11)9-16-8-10-6-5-7-17-14(10)20-3/h5-7,16H,4,8-9H2,1-3H3. The third kappa shape index (κ3) is 3.19. The molecular weight excluding hydrogens is 320 g/mol. The second kappa shape index (κ2) is 6.85. The van der Waals surface area contributed by atoms with Crippen LogP contribution in [0, 0.1) is 0 Å². The lowest BCUT2D eigenvalue weighted by atomic mass is 10.2. The highest BCUT2D eigenvalue weighted by molar-refractivity contribution is 9.10. The lowest BCUT2D eigenvalue weighted by molar-refractivity contribution is 0.390. The maximum atomic E-state index is 5.24. The van der Waals surface area contributed by atoms with Crippen LogP contribution in [0.15, 0.2) is 22.8 Å². The predicted molar refractivity (Wildman–Crippen MR) is 81.6 cm³/mol. The molecule has 1 N–H and O–H groups in total. The zero-order valence-corrected chi connectivity index (χ0v) is 13.6. The van der Waals surface area contributed by atoms with E-state index in [4.69, 9.17) is 4.74 Å². The summed E-state index contributed by atoms with van der Waals surface area (Å²) in [7, 11) is 3.60. The van der Waals surface area contributed by atoms with Crippen LogP contribution in [0.25, 0.3) is 0 Å². The van der Waals surface area contributed by atoms with Crippen molar-refractivity contribution in [2.75, 3.05) is 7.11 Å². The van der Waals surface area contributed by atoms with Gasteiger partial charge in [-0.1, -0.05) is 13.0 Å². The van der Waals surface area contributed by atoms with Crippen LogP contribution in [0.3, 0.4) is 0 Å². The van der Waals surface area contributed by atoms with Crippen LogP contribution in [0.2, 0.25) is 0 Å². The van der Waals surface area contributed by atoms with Crippen molar-refractivity contribution in [1.29, 1.82) is 0 Å². The summed E-state index contributed by atoms with van der Waals surface area (Å²) in [4.78, 5) is 4.19. The molecule has 0 saturated heterocycles. The molecule has 0 fully saturated rings. The lowest BCUT2D eigenvalue weighted by Gasteiger charge is -2.09. The number of aromatic nitrogens is 3. The van der Waals surface area contributed by atoms with Gasteiger partial charge in [-0.2, -0.15) is 5.10 Å². The maximum absolute atomic E-state index is 5.24. The van der Waals surface area contributed by atoms with Gasteiger partial charge in [0.1, 0.15) is 0 Å². The molecular formula is C14H19BrN4O. The fraction of sp³-hybridized carbons (Fsp3) is 0.429. The fourth-order valence-corrected chi connectivity index (χ4v) is 2.83. The third-order valence-electron chi connectivity index (χ3n) is 3.15. The van der Waals surface area contributed by atoms with Crippen LogP contribution in [-0.2, 0) is 26.6 Å². The normalized spacial score (nSPS) is 10.8. The smallest absolute Gasteiger partial charge is 0.217 e. The van der Waals surface area contributed by atoms with Crippen molar-refractivity contribution < 1.29 is 4.74 Å². The average Bonchev–Trinajstić information content (AvgIpc) is 2.75. The van der Waals surface area contributed by atoms with Gasteiger partial charge in [-0.05, 0) is 28.4 Å². The molecule has 0 aliphatic carbocycles. The fourth-order valence-electron chi connectivity index (χ4n) is 2.07. The molecule has 2 aromatic rings. The Balaban J connectivity index is 2.01. The Labute approximate surface area is 127 Å². The average molecular weight is 339 g/mol. The number of aryl methyl sites for hydroxylation is 2. The SMILES string of the molecule is CCc1nn(C)c(CNCc2cccnc2OC)c1Br. The first kappa shape index (κ1) is 15.0. The second-order valence-corrected chi connectivity index (χ2v) is 5.25. The second-order valence-electron chi connectivity index (χ2n) is 4.46. The number of hydrogen-bond acceptors (Lipinski definition) is 4. The summed E-state index contributed by atoms with van der Waals surface area (Å²) in [6.07, 6.45) is 2.65. The van der Waals surface area contributed by atoms with E-state index in [0.29, 0.717) is 12.4 Å². The molecule has 0 bridgehead atoms. The van der Waals surface area contributed by atoms with E-state index in [1.807, 2.05) is 23.9 Å². The van der Waals surface area contributed by atoms with Crippen molar-refractivity contribution in [2.24, 2.45) is 7.05 Å². The van der Waals surface area contributed by atoms with Crippen LogP contribution in [0.5, 0.6) is 5.88 Å². The van der Waals surface area contributed by atoms with Gasteiger partial charge in [-0.15, -0.1) is 0 Å². The Hall–Kier alpha value is -1.40. The van der Waals surface area contributed by atoms with E-state index in [1.165, 1.54) is 0 Å². The Morgan fingerprint density at radius 2 is 2.20 bits per heavy atom. The summed E-state index contributed by atoms with van der Waals surface area (Å²) in [5, 5.41) is 7.88. The number of nitrogens with zero attached hydrogens (tertiary/aromatic N) is 3. The third-order valence-corrected chi connectivity index (χ3v) is 4.07. The van der Waals surface area contributed by atoms with E-state index in [-0.39, 0.29) is 0 Å². The quantitative estimate of drug-likeness (QED) is 0.878. The molecule has 0 unspecified atom stereocenters. The molecule has 2 rings (SSSR count). The van der Waals surface area contributed by atoms with Crippen LogP contribution in [-0.4, -0.2) is 21.9 Å². The summed E-state index contributed by atoms with van der Waals surface area (Å²) in [6.45, 7) is 3.54. The number of methoxy groups -OCH3 is 1. The van der Waals surface area contributed by atoms with Crippen molar-refractivity contribution in [3.8, 4) is 5.88 Å². The number of pyridine rings is 1. The molecule has 2 heterocycles. The molecule has 0 aromatic carbocycles. The molecule has 20 heavy (non-hydrogen) atoms. The summed E-state index contributed by atoms with van der Waals surface area (Å²) >= 11 is 3.62. The molecule has 0 aliphatic rings. The molecule has 0 radical (unpaired) electrons. The summed E-state index contributed by atoms with van der Waals surface area (Å²) in [6, 6.07) is 3.92. The van der Waals surface area contributed by atoms with Crippen LogP contribution in [0.1, 0.15) is 23.9 Å². The Kier molecular flexibility index (Phi) is 5.14. The minimum absolute atomic E-state index is 0.665. The van der Waals surface area contributed by atoms with E-state index >= 15 is 0 Å². The molecule has 0 saturated carbocycles. The van der Waals surface area contributed by atoms with Gasteiger partial charge in [-0.3, -0.25) is 4.68 Å². The Bertz CT molecular complexity index is 583. The Morgan fingerprint density at radius 1 is 1.40 bits per heavy atom. The highest BCUT2D eigenvalue weighted by atomic mass is 79.9. The molecule has 108 valence electrons.